The van der Waals surface area contributed by atoms with E-state index in [0.717, 1.165) is 23.1 Å². The quantitative estimate of drug-likeness (QED) is 0.384. The van der Waals surface area contributed by atoms with Gasteiger partial charge in [-0.05, 0) is 30.7 Å². The fourth-order valence-electron chi connectivity index (χ4n) is 3.30. The first-order valence-electron chi connectivity index (χ1n) is 9.72. The number of hydrogen-bond acceptors (Lipinski definition) is 4. The Balaban J connectivity index is 1.71. The highest BCUT2D eigenvalue weighted by Crippen LogP contribution is 2.23. The van der Waals surface area contributed by atoms with E-state index in [-0.39, 0.29) is 5.97 Å². The van der Waals surface area contributed by atoms with E-state index < -0.39 is 0 Å². The van der Waals surface area contributed by atoms with Gasteiger partial charge >= 0.3 is 5.97 Å². The number of ether oxygens (including phenoxy) is 1. The second-order valence-corrected chi connectivity index (χ2v) is 6.83. The molecular weight excluding hydrogens is 338 g/mol. The van der Waals surface area contributed by atoms with Crippen molar-refractivity contribution in [2.75, 3.05) is 7.11 Å². The number of methoxy groups -OCH3 is 1. The standard InChI is InChI=1S/C22H27N3O2/c1-3-4-5-6-7-8-12-25-13-10-17-14-20(24-16-21(17)25)19-15-18(9-11-23-19)22(26)27-2/h9-11,13-16H,3-8,12H2,1-2H3. The van der Waals surface area contributed by atoms with Crippen LogP contribution in [-0.2, 0) is 11.3 Å². The molecule has 0 saturated carbocycles. The molecule has 3 aromatic heterocycles. The van der Waals surface area contributed by atoms with Crippen molar-refractivity contribution in [2.24, 2.45) is 0 Å². The Kier molecular flexibility index (Phi) is 6.58. The summed E-state index contributed by atoms with van der Waals surface area (Å²) in [5.41, 5.74) is 3.04. The first kappa shape index (κ1) is 19.1. The molecule has 0 N–H and O–H groups in total. The van der Waals surface area contributed by atoms with Crippen molar-refractivity contribution in [3.05, 3.63) is 48.4 Å². The minimum absolute atomic E-state index is 0.371. The lowest BCUT2D eigenvalue weighted by molar-refractivity contribution is 0.0600. The highest BCUT2D eigenvalue weighted by atomic mass is 16.5. The summed E-state index contributed by atoms with van der Waals surface area (Å²) in [6, 6.07) is 7.50. The number of nitrogens with zero attached hydrogens (tertiary/aromatic N) is 3. The molecule has 0 aliphatic rings. The number of aryl methyl sites for hydroxylation is 1. The average molecular weight is 365 g/mol. The Hall–Kier alpha value is -2.69. The summed E-state index contributed by atoms with van der Waals surface area (Å²) in [5.74, 6) is -0.371. The maximum Gasteiger partial charge on any atom is 0.337 e. The van der Waals surface area contributed by atoms with E-state index in [0.29, 0.717) is 11.3 Å². The molecule has 0 aliphatic carbocycles. The molecule has 0 radical (unpaired) electrons. The van der Waals surface area contributed by atoms with Gasteiger partial charge in [-0.2, -0.15) is 0 Å². The molecular formula is C22H27N3O2. The fourth-order valence-corrected chi connectivity index (χ4v) is 3.30. The molecule has 3 heterocycles. The van der Waals surface area contributed by atoms with E-state index in [1.54, 1.807) is 18.3 Å². The molecule has 0 atom stereocenters. The van der Waals surface area contributed by atoms with E-state index in [4.69, 9.17) is 4.74 Å². The van der Waals surface area contributed by atoms with Crippen molar-refractivity contribution in [3.63, 3.8) is 0 Å². The first-order valence-corrected chi connectivity index (χ1v) is 9.72. The molecule has 0 amide bonds. The summed E-state index contributed by atoms with van der Waals surface area (Å²) in [5, 5.41) is 1.14. The second kappa shape index (κ2) is 9.31. The monoisotopic (exact) mass is 365 g/mol. The minimum atomic E-state index is -0.371. The van der Waals surface area contributed by atoms with Crippen molar-refractivity contribution < 1.29 is 9.53 Å². The minimum Gasteiger partial charge on any atom is -0.465 e. The van der Waals surface area contributed by atoms with Gasteiger partial charge in [0.1, 0.15) is 0 Å². The van der Waals surface area contributed by atoms with Crippen molar-refractivity contribution >= 4 is 16.9 Å². The van der Waals surface area contributed by atoms with Crippen molar-refractivity contribution in [2.45, 2.75) is 52.0 Å². The Morgan fingerprint density at radius 2 is 1.81 bits per heavy atom. The molecule has 0 bridgehead atoms. The van der Waals surface area contributed by atoms with Crippen LogP contribution in [0.15, 0.2) is 42.9 Å². The highest BCUT2D eigenvalue weighted by molar-refractivity contribution is 5.90. The van der Waals surface area contributed by atoms with Crippen LogP contribution < -0.4 is 0 Å². The van der Waals surface area contributed by atoms with Crippen LogP contribution in [0.3, 0.4) is 0 Å². The van der Waals surface area contributed by atoms with Crippen LogP contribution in [0.5, 0.6) is 0 Å². The number of fused-ring (bicyclic) bond motifs is 1. The van der Waals surface area contributed by atoms with Crippen molar-refractivity contribution in [1.82, 2.24) is 14.5 Å². The molecule has 0 saturated heterocycles. The number of rotatable bonds is 9. The number of carbonyl (C=O) groups excluding carboxylic acids is 1. The van der Waals surface area contributed by atoms with Gasteiger partial charge in [0, 0.05) is 24.3 Å². The van der Waals surface area contributed by atoms with E-state index in [1.165, 1.54) is 45.6 Å². The number of carbonyl (C=O) groups is 1. The summed E-state index contributed by atoms with van der Waals surface area (Å²) in [4.78, 5) is 20.6. The fraction of sp³-hybridized carbons (Fsp3) is 0.409. The van der Waals surface area contributed by atoms with Gasteiger partial charge in [-0.3, -0.25) is 9.97 Å². The summed E-state index contributed by atoms with van der Waals surface area (Å²) in [6.07, 6.45) is 13.4. The third kappa shape index (κ3) is 4.73. The molecule has 5 heteroatoms. The average Bonchev–Trinajstić information content (AvgIpc) is 3.12. The summed E-state index contributed by atoms with van der Waals surface area (Å²) >= 11 is 0. The third-order valence-corrected chi connectivity index (χ3v) is 4.85. The van der Waals surface area contributed by atoms with Gasteiger partial charge in [0.15, 0.2) is 0 Å². The molecule has 27 heavy (non-hydrogen) atoms. The molecule has 0 aromatic carbocycles. The van der Waals surface area contributed by atoms with Gasteiger partial charge in [-0.15, -0.1) is 0 Å². The number of esters is 1. The lowest BCUT2D eigenvalue weighted by Crippen LogP contribution is -2.02. The van der Waals surface area contributed by atoms with Gasteiger partial charge in [0.25, 0.3) is 0 Å². The largest absolute Gasteiger partial charge is 0.465 e. The van der Waals surface area contributed by atoms with Crippen LogP contribution in [0.2, 0.25) is 0 Å². The highest BCUT2D eigenvalue weighted by Gasteiger charge is 2.10. The molecule has 0 spiro atoms. The molecule has 3 rings (SSSR count). The van der Waals surface area contributed by atoms with Gasteiger partial charge < -0.3 is 9.30 Å². The summed E-state index contributed by atoms with van der Waals surface area (Å²) in [6.45, 7) is 3.27. The topological polar surface area (TPSA) is 57.0 Å². The predicted molar refractivity (Wildman–Crippen MR) is 108 cm³/mol. The molecule has 3 aromatic rings. The SMILES string of the molecule is CCCCCCCCn1ccc2cc(-c3cc(C(=O)OC)ccn3)ncc21. The van der Waals surface area contributed by atoms with Gasteiger partial charge in [0.05, 0.1) is 35.8 Å². The van der Waals surface area contributed by atoms with Crippen LogP contribution in [0.25, 0.3) is 22.3 Å². The molecule has 0 aliphatic heterocycles. The molecule has 5 nitrogen and oxygen atoms in total. The zero-order valence-electron chi connectivity index (χ0n) is 16.1. The van der Waals surface area contributed by atoms with Crippen LogP contribution >= 0.6 is 0 Å². The van der Waals surface area contributed by atoms with Crippen LogP contribution in [0.4, 0.5) is 0 Å². The van der Waals surface area contributed by atoms with Gasteiger partial charge in [-0.1, -0.05) is 39.0 Å². The molecule has 0 unspecified atom stereocenters. The lowest BCUT2D eigenvalue weighted by Gasteiger charge is -2.07. The molecule has 142 valence electrons. The Morgan fingerprint density at radius 1 is 1.04 bits per heavy atom. The second-order valence-electron chi connectivity index (χ2n) is 6.83. The number of unbranched alkanes of at least 4 members (excludes halogenated alkanes) is 5. The van der Waals surface area contributed by atoms with E-state index in [2.05, 4.69) is 33.7 Å². The van der Waals surface area contributed by atoms with E-state index >= 15 is 0 Å². The van der Waals surface area contributed by atoms with Crippen molar-refractivity contribution in [1.29, 1.82) is 0 Å². The summed E-state index contributed by atoms with van der Waals surface area (Å²) in [7, 11) is 1.37. The van der Waals surface area contributed by atoms with Crippen LogP contribution in [0, 0.1) is 0 Å². The van der Waals surface area contributed by atoms with Gasteiger partial charge in [-0.25, -0.2) is 4.79 Å². The zero-order valence-corrected chi connectivity index (χ0v) is 16.1. The summed E-state index contributed by atoms with van der Waals surface area (Å²) < 4.78 is 7.05. The lowest BCUT2D eigenvalue weighted by atomic mass is 10.1. The first-order chi connectivity index (χ1) is 13.2. The zero-order chi connectivity index (χ0) is 19.1. The van der Waals surface area contributed by atoms with Gasteiger partial charge in [0.2, 0.25) is 0 Å². The van der Waals surface area contributed by atoms with Crippen LogP contribution in [0.1, 0.15) is 55.8 Å². The van der Waals surface area contributed by atoms with Crippen LogP contribution in [-0.4, -0.2) is 27.6 Å². The Labute approximate surface area is 160 Å². The van der Waals surface area contributed by atoms with E-state index in [1.807, 2.05) is 12.3 Å². The number of hydrogen-bond donors (Lipinski definition) is 0. The van der Waals surface area contributed by atoms with Crippen molar-refractivity contribution in [3.8, 4) is 11.4 Å². The Bertz CT molecular complexity index is 901. The molecule has 0 fully saturated rings. The van der Waals surface area contributed by atoms with E-state index in [9.17, 15) is 4.79 Å². The maximum absolute atomic E-state index is 11.7. The predicted octanol–water partition coefficient (Wildman–Crippen LogP) is 5.25. The normalized spacial score (nSPS) is 11.0. The number of pyridine rings is 2. The maximum atomic E-state index is 11.7. The Morgan fingerprint density at radius 3 is 2.63 bits per heavy atom. The number of aromatic nitrogens is 3. The third-order valence-electron chi connectivity index (χ3n) is 4.85. The smallest absolute Gasteiger partial charge is 0.337 e.